The van der Waals surface area contributed by atoms with Crippen LogP contribution in [0.25, 0.3) is 0 Å². The number of aliphatic hydroxyl groups excluding tert-OH is 2. The number of hydrogen-bond donors (Lipinski definition) is 3. The Labute approximate surface area is 99.5 Å². The van der Waals surface area contributed by atoms with Crippen LogP contribution >= 0.6 is 11.6 Å². The van der Waals surface area contributed by atoms with Crippen LogP contribution in [-0.2, 0) is 6.42 Å². The zero-order valence-electron chi connectivity index (χ0n) is 9.37. The molecule has 0 radical (unpaired) electrons. The molecule has 1 heterocycles. The predicted octanol–water partition coefficient (Wildman–Crippen LogP) is 0.848. The minimum Gasteiger partial charge on any atom is -0.394 e. The van der Waals surface area contributed by atoms with Crippen molar-refractivity contribution in [3.8, 4) is 0 Å². The van der Waals surface area contributed by atoms with Crippen molar-refractivity contribution in [2.45, 2.75) is 25.8 Å². The lowest BCUT2D eigenvalue weighted by atomic mass is 10.1. The number of nitrogens with one attached hydrogen (secondary N) is 1. The maximum Gasteiger partial charge on any atom is 0.137 e. The zero-order chi connectivity index (χ0) is 12.2. The second-order valence-corrected chi connectivity index (χ2v) is 4.21. The third kappa shape index (κ3) is 2.81. The summed E-state index contributed by atoms with van der Waals surface area (Å²) in [7, 11) is 0. The third-order valence-corrected chi connectivity index (χ3v) is 2.69. The SMILES string of the molecule is CCc1c(Cl)ncnc1NC(C)(CO)CO. The summed E-state index contributed by atoms with van der Waals surface area (Å²) >= 11 is 5.93. The summed E-state index contributed by atoms with van der Waals surface area (Å²) in [5, 5.41) is 21.7. The Morgan fingerprint density at radius 3 is 2.50 bits per heavy atom. The van der Waals surface area contributed by atoms with Crippen LogP contribution in [-0.4, -0.2) is 38.9 Å². The monoisotopic (exact) mass is 245 g/mol. The van der Waals surface area contributed by atoms with E-state index in [0.29, 0.717) is 17.4 Å². The smallest absolute Gasteiger partial charge is 0.137 e. The number of nitrogens with zero attached hydrogens (tertiary/aromatic N) is 2. The second kappa shape index (κ2) is 5.43. The van der Waals surface area contributed by atoms with Gasteiger partial charge in [0.2, 0.25) is 0 Å². The summed E-state index contributed by atoms with van der Waals surface area (Å²) in [5.41, 5.74) is -0.0426. The summed E-state index contributed by atoms with van der Waals surface area (Å²) in [4.78, 5) is 7.94. The van der Waals surface area contributed by atoms with Gasteiger partial charge >= 0.3 is 0 Å². The maximum atomic E-state index is 9.18. The zero-order valence-corrected chi connectivity index (χ0v) is 10.1. The number of rotatable bonds is 5. The van der Waals surface area contributed by atoms with Gasteiger partial charge in [0.1, 0.15) is 17.3 Å². The molecular weight excluding hydrogens is 230 g/mol. The lowest BCUT2D eigenvalue weighted by Crippen LogP contribution is -2.43. The molecule has 3 N–H and O–H groups in total. The molecule has 0 bridgehead atoms. The van der Waals surface area contributed by atoms with Crippen LogP contribution in [0.4, 0.5) is 5.82 Å². The van der Waals surface area contributed by atoms with Gasteiger partial charge in [0, 0.05) is 5.56 Å². The lowest BCUT2D eigenvalue weighted by Gasteiger charge is -2.27. The second-order valence-electron chi connectivity index (χ2n) is 3.85. The molecule has 0 aromatic carbocycles. The van der Waals surface area contributed by atoms with E-state index >= 15 is 0 Å². The summed E-state index contributed by atoms with van der Waals surface area (Å²) in [6.45, 7) is 3.23. The van der Waals surface area contributed by atoms with Crippen molar-refractivity contribution in [2.75, 3.05) is 18.5 Å². The molecule has 0 fully saturated rings. The topological polar surface area (TPSA) is 78.3 Å². The van der Waals surface area contributed by atoms with Gasteiger partial charge in [-0.25, -0.2) is 9.97 Å². The van der Waals surface area contributed by atoms with Gasteiger partial charge in [-0.2, -0.15) is 0 Å². The van der Waals surface area contributed by atoms with E-state index in [4.69, 9.17) is 11.6 Å². The van der Waals surface area contributed by atoms with Crippen molar-refractivity contribution < 1.29 is 10.2 Å². The molecule has 6 heteroatoms. The Morgan fingerprint density at radius 1 is 1.38 bits per heavy atom. The summed E-state index contributed by atoms with van der Waals surface area (Å²) in [6.07, 6.45) is 2.02. The van der Waals surface area contributed by atoms with Crippen molar-refractivity contribution in [1.29, 1.82) is 0 Å². The van der Waals surface area contributed by atoms with Crippen LogP contribution in [0.15, 0.2) is 6.33 Å². The van der Waals surface area contributed by atoms with E-state index in [1.807, 2.05) is 6.92 Å². The number of anilines is 1. The first-order valence-electron chi connectivity index (χ1n) is 5.05. The average Bonchev–Trinajstić information content (AvgIpc) is 2.29. The van der Waals surface area contributed by atoms with Crippen molar-refractivity contribution in [3.05, 3.63) is 17.0 Å². The van der Waals surface area contributed by atoms with E-state index in [9.17, 15) is 10.2 Å². The Bertz CT molecular complexity index is 356. The number of aromatic nitrogens is 2. The van der Waals surface area contributed by atoms with Crippen LogP contribution in [0, 0.1) is 0 Å². The van der Waals surface area contributed by atoms with Gasteiger partial charge in [-0.15, -0.1) is 0 Å². The molecule has 0 spiro atoms. The molecule has 0 saturated heterocycles. The Morgan fingerprint density at radius 2 is 2.00 bits per heavy atom. The van der Waals surface area contributed by atoms with Crippen molar-refractivity contribution in [2.24, 2.45) is 0 Å². The molecular formula is C10H16ClN3O2. The van der Waals surface area contributed by atoms with Gasteiger partial charge < -0.3 is 15.5 Å². The fraction of sp³-hybridized carbons (Fsp3) is 0.600. The van der Waals surface area contributed by atoms with Crippen LogP contribution in [0.5, 0.6) is 0 Å². The van der Waals surface area contributed by atoms with Crippen LogP contribution in [0.2, 0.25) is 5.15 Å². The van der Waals surface area contributed by atoms with E-state index in [0.717, 1.165) is 5.56 Å². The largest absolute Gasteiger partial charge is 0.394 e. The third-order valence-electron chi connectivity index (χ3n) is 2.36. The van der Waals surface area contributed by atoms with Crippen LogP contribution in [0.1, 0.15) is 19.4 Å². The number of halogens is 1. The summed E-state index contributed by atoms with van der Waals surface area (Å²) in [5.74, 6) is 0.549. The lowest BCUT2D eigenvalue weighted by molar-refractivity contribution is 0.147. The van der Waals surface area contributed by atoms with Gasteiger partial charge in [-0.1, -0.05) is 18.5 Å². The fourth-order valence-electron chi connectivity index (χ4n) is 1.23. The van der Waals surface area contributed by atoms with Gasteiger partial charge in [0.25, 0.3) is 0 Å². The highest BCUT2D eigenvalue weighted by molar-refractivity contribution is 6.30. The van der Waals surface area contributed by atoms with Crippen LogP contribution < -0.4 is 5.32 Å². The molecule has 5 nitrogen and oxygen atoms in total. The average molecular weight is 246 g/mol. The van der Waals surface area contributed by atoms with Gasteiger partial charge in [-0.05, 0) is 13.3 Å². The van der Waals surface area contributed by atoms with E-state index in [1.54, 1.807) is 6.92 Å². The molecule has 0 unspecified atom stereocenters. The van der Waals surface area contributed by atoms with Gasteiger partial charge in [0.15, 0.2) is 0 Å². The molecule has 0 aliphatic heterocycles. The normalized spacial score (nSPS) is 11.6. The standard InChI is InChI=1S/C10H16ClN3O2/c1-3-7-8(11)12-6-13-9(7)14-10(2,4-15)5-16/h6,15-16H,3-5H2,1-2H3,(H,12,13,14). The first kappa shape index (κ1) is 13.2. The quantitative estimate of drug-likeness (QED) is 0.671. The van der Waals surface area contributed by atoms with Crippen molar-refractivity contribution >= 4 is 17.4 Å². The first-order chi connectivity index (χ1) is 7.56. The number of hydrogen-bond acceptors (Lipinski definition) is 5. The minimum atomic E-state index is -0.818. The molecule has 1 aromatic heterocycles. The maximum absolute atomic E-state index is 9.18. The summed E-state index contributed by atoms with van der Waals surface area (Å²) < 4.78 is 0. The number of aliphatic hydroxyl groups is 2. The molecule has 1 rings (SSSR count). The van der Waals surface area contributed by atoms with Gasteiger partial charge in [0.05, 0.1) is 18.8 Å². The minimum absolute atomic E-state index is 0.200. The molecule has 0 aliphatic carbocycles. The molecule has 90 valence electrons. The van der Waals surface area contributed by atoms with E-state index in [1.165, 1.54) is 6.33 Å². The van der Waals surface area contributed by atoms with Crippen molar-refractivity contribution in [3.63, 3.8) is 0 Å². The molecule has 1 aromatic rings. The molecule has 0 saturated carbocycles. The Kier molecular flexibility index (Phi) is 4.46. The first-order valence-corrected chi connectivity index (χ1v) is 5.43. The molecule has 0 aliphatic rings. The fourth-order valence-corrected chi connectivity index (χ4v) is 1.49. The Balaban J connectivity index is 3.01. The summed E-state index contributed by atoms with van der Waals surface area (Å²) in [6, 6.07) is 0. The van der Waals surface area contributed by atoms with Crippen LogP contribution in [0.3, 0.4) is 0 Å². The highest BCUT2D eigenvalue weighted by Gasteiger charge is 2.24. The highest BCUT2D eigenvalue weighted by Crippen LogP contribution is 2.22. The predicted molar refractivity (Wildman–Crippen MR) is 62.6 cm³/mol. The highest BCUT2D eigenvalue weighted by atomic mass is 35.5. The van der Waals surface area contributed by atoms with E-state index in [-0.39, 0.29) is 13.2 Å². The van der Waals surface area contributed by atoms with Crippen molar-refractivity contribution in [1.82, 2.24) is 9.97 Å². The van der Waals surface area contributed by atoms with Gasteiger partial charge in [-0.3, -0.25) is 0 Å². The van der Waals surface area contributed by atoms with E-state index in [2.05, 4.69) is 15.3 Å². The molecule has 0 amide bonds. The Hall–Kier alpha value is -0.910. The molecule has 16 heavy (non-hydrogen) atoms. The van der Waals surface area contributed by atoms with E-state index < -0.39 is 5.54 Å². The molecule has 0 atom stereocenters.